The summed E-state index contributed by atoms with van der Waals surface area (Å²) in [6.07, 6.45) is 1.26. The molecule has 2 N–H and O–H groups in total. The SMILES string of the molecule is O=C(NCCO)[C@H](Cc1ccccc1)N(Cc1ccc(Cl)cc1)C(=O)CCc1ccccc1. The number of hydrogen-bond donors (Lipinski definition) is 2. The Kier molecular flexibility index (Phi) is 9.48. The van der Waals surface area contributed by atoms with Crippen molar-refractivity contribution in [2.75, 3.05) is 13.2 Å². The number of benzene rings is 3. The molecule has 0 aliphatic rings. The van der Waals surface area contributed by atoms with Crippen LogP contribution in [-0.2, 0) is 29.0 Å². The number of nitrogens with zero attached hydrogens (tertiary/aromatic N) is 1. The van der Waals surface area contributed by atoms with Crippen LogP contribution in [0.3, 0.4) is 0 Å². The molecule has 5 nitrogen and oxygen atoms in total. The first-order valence-electron chi connectivity index (χ1n) is 11.1. The normalized spacial score (nSPS) is 11.6. The molecule has 33 heavy (non-hydrogen) atoms. The van der Waals surface area contributed by atoms with E-state index >= 15 is 0 Å². The maximum absolute atomic E-state index is 13.5. The van der Waals surface area contributed by atoms with E-state index in [1.54, 1.807) is 17.0 Å². The van der Waals surface area contributed by atoms with E-state index in [4.69, 9.17) is 11.6 Å². The molecule has 0 unspecified atom stereocenters. The van der Waals surface area contributed by atoms with Gasteiger partial charge in [0.1, 0.15) is 6.04 Å². The van der Waals surface area contributed by atoms with Crippen LogP contribution >= 0.6 is 11.6 Å². The summed E-state index contributed by atoms with van der Waals surface area (Å²) >= 11 is 6.04. The molecular weight excluding hydrogens is 436 g/mol. The number of carbonyl (C=O) groups is 2. The van der Waals surface area contributed by atoms with Gasteiger partial charge in [-0.1, -0.05) is 84.4 Å². The molecule has 0 aliphatic carbocycles. The van der Waals surface area contributed by atoms with E-state index < -0.39 is 6.04 Å². The lowest BCUT2D eigenvalue weighted by atomic mass is 10.0. The fraction of sp³-hybridized carbons (Fsp3) is 0.259. The Bertz CT molecular complexity index is 1010. The van der Waals surface area contributed by atoms with Crippen molar-refractivity contribution in [3.63, 3.8) is 0 Å². The summed E-state index contributed by atoms with van der Waals surface area (Å²) in [7, 11) is 0. The molecule has 0 fully saturated rings. The standard InChI is InChI=1S/C27H29ClN2O3/c28-24-14-11-23(12-15-24)20-30(26(32)16-13-21-7-3-1-4-8-21)25(27(33)29-17-18-31)19-22-9-5-2-6-10-22/h1-12,14-15,25,31H,13,16-20H2,(H,29,33)/t25-/m0/s1. The molecule has 1 atom stereocenters. The Morgan fingerprint density at radius 1 is 0.848 bits per heavy atom. The first-order valence-corrected chi connectivity index (χ1v) is 11.4. The highest BCUT2D eigenvalue weighted by Gasteiger charge is 2.30. The maximum Gasteiger partial charge on any atom is 0.243 e. The first-order chi connectivity index (χ1) is 16.1. The van der Waals surface area contributed by atoms with Crippen LogP contribution in [0.15, 0.2) is 84.9 Å². The van der Waals surface area contributed by atoms with Gasteiger partial charge in [0.2, 0.25) is 11.8 Å². The van der Waals surface area contributed by atoms with E-state index in [2.05, 4.69) is 5.32 Å². The van der Waals surface area contributed by atoms with Crippen molar-refractivity contribution in [2.24, 2.45) is 0 Å². The van der Waals surface area contributed by atoms with E-state index in [-0.39, 0.29) is 37.9 Å². The van der Waals surface area contributed by atoms with Gasteiger partial charge in [-0.2, -0.15) is 0 Å². The summed E-state index contributed by atoms with van der Waals surface area (Å²) < 4.78 is 0. The number of halogens is 1. The molecular formula is C27H29ClN2O3. The van der Waals surface area contributed by atoms with Crippen molar-refractivity contribution in [3.8, 4) is 0 Å². The highest BCUT2D eigenvalue weighted by Crippen LogP contribution is 2.18. The second-order valence-corrected chi connectivity index (χ2v) is 8.29. The van der Waals surface area contributed by atoms with Gasteiger partial charge in [-0.25, -0.2) is 0 Å². The van der Waals surface area contributed by atoms with Crippen molar-refractivity contribution in [2.45, 2.75) is 31.8 Å². The van der Waals surface area contributed by atoms with Crippen LogP contribution in [0.4, 0.5) is 0 Å². The summed E-state index contributed by atoms with van der Waals surface area (Å²) in [5.74, 6) is -0.385. The lowest BCUT2D eigenvalue weighted by Crippen LogP contribution is -2.51. The molecule has 3 aromatic carbocycles. The number of nitrogens with one attached hydrogen (secondary N) is 1. The lowest BCUT2D eigenvalue weighted by Gasteiger charge is -2.31. The van der Waals surface area contributed by atoms with Crippen molar-refractivity contribution in [1.29, 1.82) is 0 Å². The van der Waals surface area contributed by atoms with Gasteiger partial charge in [-0.05, 0) is 35.2 Å². The fourth-order valence-electron chi connectivity index (χ4n) is 3.68. The molecule has 3 rings (SSSR count). The van der Waals surface area contributed by atoms with E-state index in [0.717, 1.165) is 16.7 Å². The zero-order chi connectivity index (χ0) is 23.5. The van der Waals surface area contributed by atoms with Gasteiger partial charge in [0.15, 0.2) is 0 Å². The molecule has 0 spiro atoms. The lowest BCUT2D eigenvalue weighted by molar-refractivity contribution is -0.141. The summed E-state index contributed by atoms with van der Waals surface area (Å²) in [6.45, 7) is 0.259. The Hall–Kier alpha value is -3.15. The predicted molar refractivity (Wildman–Crippen MR) is 131 cm³/mol. The Morgan fingerprint density at radius 2 is 1.45 bits per heavy atom. The van der Waals surface area contributed by atoms with E-state index in [0.29, 0.717) is 17.9 Å². The number of amides is 2. The molecule has 3 aromatic rings. The Labute approximate surface area is 200 Å². The van der Waals surface area contributed by atoms with E-state index in [9.17, 15) is 14.7 Å². The summed E-state index contributed by atoms with van der Waals surface area (Å²) in [5.41, 5.74) is 2.92. The van der Waals surface area contributed by atoms with Crippen LogP contribution in [0.1, 0.15) is 23.1 Å². The molecule has 0 saturated heterocycles. The quantitative estimate of drug-likeness (QED) is 0.450. The molecule has 0 radical (unpaired) electrons. The monoisotopic (exact) mass is 464 g/mol. The van der Waals surface area contributed by atoms with Crippen LogP contribution in [0.5, 0.6) is 0 Å². The van der Waals surface area contributed by atoms with Crippen molar-refractivity contribution < 1.29 is 14.7 Å². The Balaban J connectivity index is 1.87. The molecule has 0 heterocycles. The average Bonchev–Trinajstić information content (AvgIpc) is 2.85. The molecule has 6 heteroatoms. The van der Waals surface area contributed by atoms with Gasteiger partial charge in [0, 0.05) is 31.0 Å². The smallest absolute Gasteiger partial charge is 0.243 e. The van der Waals surface area contributed by atoms with Gasteiger partial charge >= 0.3 is 0 Å². The summed E-state index contributed by atoms with van der Waals surface area (Å²) in [6, 6.07) is 26.0. The number of aryl methyl sites for hydroxylation is 1. The number of aliphatic hydroxyl groups excluding tert-OH is 1. The highest BCUT2D eigenvalue weighted by atomic mass is 35.5. The van der Waals surface area contributed by atoms with Gasteiger partial charge < -0.3 is 15.3 Å². The maximum atomic E-state index is 13.5. The largest absolute Gasteiger partial charge is 0.395 e. The minimum Gasteiger partial charge on any atom is -0.395 e. The average molecular weight is 465 g/mol. The summed E-state index contributed by atoms with van der Waals surface area (Å²) in [5, 5.41) is 12.6. The van der Waals surface area contributed by atoms with Gasteiger partial charge in [-0.15, -0.1) is 0 Å². The van der Waals surface area contributed by atoms with Crippen LogP contribution in [0, 0.1) is 0 Å². The first kappa shape index (κ1) is 24.5. The molecule has 0 aliphatic heterocycles. The zero-order valence-electron chi connectivity index (χ0n) is 18.5. The van der Waals surface area contributed by atoms with Gasteiger partial charge in [-0.3, -0.25) is 9.59 Å². The summed E-state index contributed by atoms with van der Waals surface area (Å²) in [4.78, 5) is 28.2. The Morgan fingerprint density at radius 3 is 2.06 bits per heavy atom. The zero-order valence-corrected chi connectivity index (χ0v) is 19.2. The second kappa shape index (κ2) is 12.8. The molecule has 0 bridgehead atoms. The van der Waals surface area contributed by atoms with Crippen LogP contribution in [0.25, 0.3) is 0 Å². The number of hydrogen-bond acceptors (Lipinski definition) is 3. The number of carbonyl (C=O) groups excluding carboxylic acids is 2. The topological polar surface area (TPSA) is 69.6 Å². The van der Waals surface area contributed by atoms with Crippen LogP contribution in [-0.4, -0.2) is 41.0 Å². The molecule has 0 aromatic heterocycles. The van der Waals surface area contributed by atoms with Crippen LogP contribution in [0.2, 0.25) is 5.02 Å². The van der Waals surface area contributed by atoms with Gasteiger partial charge in [0.25, 0.3) is 0 Å². The van der Waals surface area contributed by atoms with Crippen molar-refractivity contribution >= 4 is 23.4 Å². The number of rotatable bonds is 11. The van der Waals surface area contributed by atoms with E-state index in [1.807, 2.05) is 72.8 Å². The van der Waals surface area contributed by atoms with E-state index in [1.165, 1.54) is 0 Å². The third-order valence-electron chi connectivity index (χ3n) is 5.42. The minimum absolute atomic E-state index is 0.103. The van der Waals surface area contributed by atoms with Crippen LogP contribution < -0.4 is 5.32 Å². The van der Waals surface area contributed by atoms with Crippen molar-refractivity contribution in [3.05, 3.63) is 107 Å². The predicted octanol–water partition coefficient (Wildman–Crippen LogP) is 4.02. The second-order valence-electron chi connectivity index (χ2n) is 7.85. The number of aliphatic hydroxyl groups is 1. The van der Waals surface area contributed by atoms with Gasteiger partial charge in [0.05, 0.1) is 6.61 Å². The molecule has 2 amide bonds. The molecule has 0 saturated carbocycles. The third-order valence-corrected chi connectivity index (χ3v) is 5.67. The fourth-order valence-corrected chi connectivity index (χ4v) is 3.80. The minimum atomic E-state index is -0.710. The molecule has 172 valence electrons. The van der Waals surface area contributed by atoms with Crippen molar-refractivity contribution in [1.82, 2.24) is 10.2 Å². The highest BCUT2D eigenvalue weighted by molar-refractivity contribution is 6.30. The third kappa shape index (κ3) is 7.74.